The summed E-state index contributed by atoms with van der Waals surface area (Å²) in [6.45, 7) is 1.89. The first-order valence-electron chi connectivity index (χ1n) is 4.83. The molecule has 0 aliphatic heterocycles. The number of aromatic nitrogens is 1. The Balaban J connectivity index is 2.45. The van der Waals surface area contributed by atoms with Crippen LogP contribution in [0.1, 0.15) is 21.7 Å². The van der Waals surface area contributed by atoms with E-state index in [1.165, 1.54) is 0 Å². The number of hydrogen-bond donors (Lipinski definition) is 2. The third-order valence-electron chi connectivity index (χ3n) is 2.34. The first-order valence-corrected chi connectivity index (χ1v) is 5.21. The van der Waals surface area contributed by atoms with E-state index < -0.39 is 0 Å². The van der Waals surface area contributed by atoms with Crippen molar-refractivity contribution in [1.29, 1.82) is 0 Å². The molecule has 0 saturated carbocycles. The van der Waals surface area contributed by atoms with E-state index in [-0.39, 0.29) is 5.78 Å². The molecule has 2 aromatic rings. The maximum atomic E-state index is 12.1. The SMILES string of the molecule is Cc1ccc(C(=O)c2cc(Cl)ccc2N)[nH]1. The molecule has 1 aromatic carbocycles. The number of benzene rings is 1. The summed E-state index contributed by atoms with van der Waals surface area (Å²) < 4.78 is 0. The van der Waals surface area contributed by atoms with Crippen molar-refractivity contribution in [3.8, 4) is 0 Å². The van der Waals surface area contributed by atoms with Crippen LogP contribution in [-0.4, -0.2) is 10.8 Å². The van der Waals surface area contributed by atoms with E-state index in [0.717, 1.165) is 5.69 Å². The van der Waals surface area contributed by atoms with Crippen LogP contribution in [0.15, 0.2) is 30.3 Å². The Labute approximate surface area is 98.2 Å². The lowest BCUT2D eigenvalue weighted by Crippen LogP contribution is -2.05. The minimum absolute atomic E-state index is 0.145. The van der Waals surface area contributed by atoms with E-state index in [2.05, 4.69) is 4.98 Å². The monoisotopic (exact) mass is 234 g/mol. The molecule has 3 nitrogen and oxygen atoms in total. The molecule has 1 aromatic heterocycles. The van der Waals surface area contributed by atoms with Crippen LogP contribution in [0.25, 0.3) is 0 Å². The fourth-order valence-corrected chi connectivity index (χ4v) is 1.68. The highest BCUT2D eigenvalue weighted by molar-refractivity contribution is 6.31. The number of nitrogen functional groups attached to an aromatic ring is 1. The summed E-state index contributed by atoms with van der Waals surface area (Å²) in [5.74, 6) is -0.145. The maximum absolute atomic E-state index is 12.1. The maximum Gasteiger partial charge on any atom is 0.211 e. The Morgan fingerprint density at radius 1 is 1.31 bits per heavy atom. The molecule has 0 spiro atoms. The van der Waals surface area contributed by atoms with Gasteiger partial charge in [-0.1, -0.05) is 11.6 Å². The predicted octanol–water partition coefficient (Wildman–Crippen LogP) is 2.79. The van der Waals surface area contributed by atoms with Crippen molar-refractivity contribution in [2.24, 2.45) is 0 Å². The summed E-state index contributed by atoms with van der Waals surface area (Å²) in [4.78, 5) is 15.0. The molecule has 0 atom stereocenters. The standard InChI is InChI=1S/C12H11ClN2O/c1-7-2-5-11(15-7)12(16)9-6-8(13)3-4-10(9)14/h2-6,15H,14H2,1H3. The van der Waals surface area contributed by atoms with Gasteiger partial charge >= 0.3 is 0 Å². The van der Waals surface area contributed by atoms with E-state index in [1.54, 1.807) is 24.3 Å². The lowest BCUT2D eigenvalue weighted by Gasteiger charge is -2.03. The average molecular weight is 235 g/mol. The van der Waals surface area contributed by atoms with Crippen molar-refractivity contribution in [3.05, 3.63) is 52.3 Å². The molecule has 0 aliphatic rings. The van der Waals surface area contributed by atoms with E-state index in [4.69, 9.17) is 17.3 Å². The Kier molecular flexibility index (Phi) is 2.71. The van der Waals surface area contributed by atoms with Crippen molar-refractivity contribution < 1.29 is 4.79 Å². The van der Waals surface area contributed by atoms with Gasteiger partial charge in [0.05, 0.1) is 5.69 Å². The highest BCUT2D eigenvalue weighted by Crippen LogP contribution is 2.20. The minimum atomic E-state index is -0.145. The highest BCUT2D eigenvalue weighted by atomic mass is 35.5. The third kappa shape index (κ3) is 1.95. The second-order valence-corrected chi connectivity index (χ2v) is 4.05. The Morgan fingerprint density at radius 3 is 2.69 bits per heavy atom. The zero-order valence-electron chi connectivity index (χ0n) is 8.75. The van der Waals surface area contributed by atoms with Gasteiger partial charge in [0.2, 0.25) is 5.78 Å². The van der Waals surface area contributed by atoms with Crippen molar-refractivity contribution in [1.82, 2.24) is 4.98 Å². The van der Waals surface area contributed by atoms with Crippen LogP contribution < -0.4 is 5.73 Å². The smallest absolute Gasteiger partial charge is 0.211 e. The fourth-order valence-electron chi connectivity index (χ4n) is 1.51. The van der Waals surface area contributed by atoms with Crippen LogP contribution in [0.3, 0.4) is 0 Å². The second kappa shape index (κ2) is 4.02. The number of halogens is 1. The van der Waals surface area contributed by atoms with Gasteiger partial charge in [0, 0.05) is 22.0 Å². The molecule has 0 bridgehead atoms. The molecule has 2 rings (SSSR count). The van der Waals surface area contributed by atoms with Crippen molar-refractivity contribution in [2.75, 3.05) is 5.73 Å². The molecular weight excluding hydrogens is 224 g/mol. The van der Waals surface area contributed by atoms with Gasteiger partial charge in [-0.3, -0.25) is 4.79 Å². The molecule has 0 radical (unpaired) electrons. The van der Waals surface area contributed by atoms with Gasteiger partial charge in [-0.05, 0) is 37.3 Å². The number of anilines is 1. The van der Waals surface area contributed by atoms with E-state index in [1.807, 2.05) is 13.0 Å². The number of aromatic amines is 1. The molecule has 0 amide bonds. The molecule has 0 saturated heterocycles. The van der Waals surface area contributed by atoms with Gasteiger partial charge in [-0.15, -0.1) is 0 Å². The van der Waals surface area contributed by atoms with Crippen molar-refractivity contribution >= 4 is 23.1 Å². The number of nitrogens with one attached hydrogen (secondary N) is 1. The number of carbonyl (C=O) groups is 1. The number of H-pyrrole nitrogens is 1. The zero-order valence-corrected chi connectivity index (χ0v) is 9.51. The van der Waals surface area contributed by atoms with Crippen LogP contribution >= 0.6 is 11.6 Å². The number of carbonyl (C=O) groups excluding carboxylic acids is 1. The molecule has 4 heteroatoms. The molecular formula is C12H11ClN2O. The predicted molar refractivity (Wildman–Crippen MR) is 64.8 cm³/mol. The summed E-state index contributed by atoms with van der Waals surface area (Å²) in [5, 5.41) is 0.501. The largest absolute Gasteiger partial charge is 0.398 e. The van der Waals surface area contributed by atoms with Crippen LogP contribution in [-0.2, 0) is 0 Å². The first-order chi connectivity index (χ1) is 7.58. The summed E-state index contributed by atoms with van der Waals surface area (Å²) in [5.41, 5.74) is 8.05. The van der Waals surface area contributed by atoms with Gasteiger partial charge in [0.25, 0.3) is 0 Å². The van der Waals surface area contributed by atoms with Crippen molar-refractivity contribution in [3.63, 3.8) is 0 Å². The van der Waals surface area contributed by atoms with Gasteiger partial charge in [0.1, 0.15) is 0 Å². The molecule has 3 N–H and O–H groups in total. The van der Waals surface area contributed by atoms with Gasteiger partial charge in [-0.25, -0.2) is 0 Å². The first kappa shape index (κ1) is 10.8. The summed E-state index contributed by atoms with van der Waals surface area (Å²) in [6, 6.07) is 8.44. The summed E-state index contributed by atoms with van der Waals surface area (Å²) >= 11 is 5.84. The Morgan fingerprint density at radius 2 is 2.06 bits per heavy atom. The average Bonchev–Trinajstić information content (AvgIpc) is 2.67. The van der Waals surface area contributed by atoms with E-state index >= 15 is 0 Å². The van der Waals surface area contributed by atoms with Crippen LogP contribution in [0.2, 0.25) is 5.02 Å². The molecule has 0 unspecified atom stereocenters. The molecule has 1 heterocycles. The number of hydrogen-bond acceptors (Lipinski definition) is 2. The second-order valence-electron chi connectivity index (χ2n) is 3.62. The van der Waals surface area contributed by atoms with Gasteiger partial charge < -0.3 is 10.7 Å². The third-order valence-corrected chi connectivity index (χ3v) is 2.57. The topological polar surface area (TPSA) is 58.9 Å². The van der Waals surface area contributed by atoms with E-state index in [9.17, 15) is 4.79 Å². The molecule has 82 valence electrons. The minimum Gasteiger partial charge on any atom is -0.398 e. The molecule has 0 fully saturated rings. The lowest BCUT2D eigenvalue weighted by molar-refractivity contribution is 0.103. The number of aryl methyl sites for hydroxylation is 1. The number of rotatable bonds is 2. The van der Waals surface area contributed by atoms with Crippen molar-refractivity contribution in [2.45, 2.75) is 6.92 Å². The lowest BCUT2D eigenvalue weighted by atomic mass is 10.1. The summed E-state index contributed by atoms with van der Waals surface area (Å²) in [6.07, 6.45) is 0. The van der Waals surface area contributed by atoms with E-state index in [0.29, 0.717) is 22.0 Å². The zero-order chi connectivity index (χ0) is 11.7. The Bertz CT molecular complexity index is 546. The fraction of sp³-hybridized carbons (Fsp3) is 0.0833. The number of nitrogens with two attached hydrogens (primary N) is 1. The molecule has 16 heavy (non-hydrogen) atoms. The quantitative estimate of drug-likeness (QED) is 0.620. The van der Waals surface area contributed by atoms with Crippen LogP contribution in [0, 0.1) is 6.92 Å². The molecule has 0 aliphatic carbocycles. The van der Waals surface area contributed by atoms with Crippen LogP contribution in [0.5, 0.6) is 0 Å². The summed E-state index contributed by atoms with van der Waals surface area (Å²) in [7, 11) is 0. The van der Waals surface area contributed by atoms with Crippen LogP contribution in [0.4, 0.5) is 5.69 Å². The van der Waals surface area contributed by atoms with Gasteiger partial charge in [0.15, 0.2) is 0 Å². The Hall–Kier alpha value is -1.74. The highest BCUT2D eigenvalue weighted by Gasteiger charge is 2.13. The van der Waals surface area contributed by atoms with Gasteiger partial charge in [-0.2, -0.15) is 0 Å². The normalized spacial score (nSPS) is 10.4. The number of ketones is 1.